The van der Waals surface area contributed by atoms with Crippen molar-refractivity contribution in [1.29, 1.82) is 0 Å². The largest absolute Gasteiger partial charge is 0.342 e. The van der Waals surface area contributed by atoms with Crippen LogP contribution in [0.3, 0.4) is 0 Å². The molecular weight excluding hydrogens is 564 g/mol. The number of hydrogen-bond acceptors (Lipinski definition) is 5. The van der Waals surface area contributed by atoms with E-state index in [1.54, 1.807) is 16.8 Å². The van der Waals surface area contributed by atoms with Gasteiger partial charge in [0.25, 0.3) is 0 Å². The van der Waals surface area contributed by atoms with E-state index in [2.05, 4.69) is 24.1 Å². The van der Waals surface area contributed by atoms with Crippen molar-refractivity contribution in [3.63, 3.8) is 0 Å². The van der Waals surface area contributed by atoms with E-state index in [9.17, 15) is 19.2 Å². The van der Waals surface area contributed by atoms with Crippen LogP contribution in [0, 0.1) is 17.3 Å². The highest BCUT2D eigenvalue weighted by Gasteiger charge is 2.40. The van der Waals surface area contributed by atoms with Crippen molar-refractivity contribution in [2.75, 3.05) is 20.1 Å². The molecule has 0 radical (unpaired) electrons. The van der Waals surface area contributed by atoms with Gasteiger partial charge in [0.15, 0.2) is 5.78 Å². The van der Waals surface area contributed by atoms with E-state index < -0.39 is 11.5 Å². The molecule has 0 aromatic heterocycles. The van der Waals surface area contributed by atoms with Gasteiger partial charge in [0, 0.05) is 31.6 Å². The number of carbonyl (C=O) groups is 4. The molecule has 0 bridgehead atoms. The maximum Gasteiger partial charge on any atom is 0.249 e. The average Bonchev–Trinajstić information content (AvgIpc) is 3.50. The van der Waals surface area contributed by atoms with Crippen LogP contribution in [0.2, 0.25) is 0 Å². The van der Waals surface area contributed by atoms with Gasteiger partial charge in [-0.3, -0.25) is 24.1 Å². The van der Waals surface area contributed by atoms with Crippen LogP contribution < -0.4 is 5.32 Å². The molecule has 8 nitrogen and oxygen atoms in total. The monoisotopic (exact) mass is 628 g/mol. The number of ketones is 1. The summed E-state index contributed by atoms with van der Waals surface area (Å²) in [6, 6.07) is -1.37. The first kappa shape index (κ1) is 37.2. The first-order valence-electron chi connectivity index (χ1n) is 18.0. The molecule has 1 N–H and O–H groups in total. The zero-order chi connectivity index (χ0) is 33.5. The number of nitrogens with zero attached hydrogens (tertiary/aromatic N) is 3. The molecule has 3 aliphatic rings. The number of carbonyl (C=O) groups excluding carboxylic acids is 4. The fraction of sp³-hybridized carbons (Fsp3) is 0.838. The van der Waals surface area contributed by atoms with Gasteiger partial charge < -0.3 is 15.1 Å². The molecule has 4 atom stereocenters. The number of likely N-dealkylation sites (tertiary alicyclic amines) is 2. The molecule has 3 fully saturated rings. The van der Waals surface area contributed by atoms with E-state index in [1.165, 1.54) is 32.1 Å². The van der Waals surface area contributed by atoms with Gasteiger partial charge in [-0.1, -0.05) is 79.2 Å². The van der Waals surface area contributed by atoms with Crippen LogP contribution in [-0.2, 0) is 19.2 Å². The molecule has 3 unspecified atom stereocenters. The number of rotatable bonds is 12. The van der Waals surface area contributed by atoms with Crippen LogP contribution in [0.15, 0.2) is 11.6 Å². The number of Topliss-reactive ketones (excluding diaryl/α,β-unsaturated/α-hetero) is 1. The van der Waals surface area contributed by atoms with Crippen LogP contribution in [0.4, 0.5) is 0 Å². The lowest BCUT2D eigenvalue weighted by molar-refractivity contribution is -0.142. The van der Waals surface area contributed by atoms with Crippen molar-refractivity contribution in [3.8, 4) is 0 Å². The number of hydrogen-bond donors (Lipinski definition) is 1. The average molecular weight is 629 g/mol. The van der Waals surface area contributed by atoms with Gasteiger partial charge in [-0.05, 0) is 76.7 Å². The number of amides is 3. The minimum Gasteiger partial charge on any atom is -0.342 e. The molecule has 256 valence electrons. The Morgan fingerprint density at radius 2 is 1.49 bits per heavy atom. The Morgan fingerprint density at radius 1 is 0.867 bits per heavy atom. The summed E-state index contributed by atoms with van der Waals surface area (Å²) in [4.78, 5) is 60.5. The summed E-state index contributed by atoms with van der Waals surface area (Å²) in [6.07, 6.45) is 14.2. The maximum atomic E-state index is 14.1. The fourth-order valence-corrected chi connectivity index (χ4v) is 7.73. The molecule has 1 saturated carbocycles. The van der Waals surface area contributed by atoms with Crippen molar-refractivity contribution in [1.82, 2.24) is 20.0 Å². The summed E-state index contributed by atoms with van der Waals surface area (Å²) in [6.45, 7) is 17.6. The Balaban J connectivity index is 1.72. The maximum absolute atomic E-state index is 14.1. The van der Waals surface area contributed by atoms with Gasteiger partial charge in [0.05, 0.1) is 18.1 Å². The second-order valence-corrected chi connectivity index (χ2v) is 15.8. The van der Waals surface area contributed by atoms with Crippen LogP contribution in [0.25, 0.3) is 0 Å². The number of likely N-dealkylation sites (N-methyl/N-ethyl adjacent to an activating group) is 1. The topological polar surface area (TPSA) is 90.0 Å². The Kier molecular flexibility index (Phi) is 13.7. The summed E-state index contributed by atoms with van der Waals surface area (Å²) in [5.74, 6) is 0.537. The molecule has 2 aliphatic heterocycles. The van der Waals surface area contributed by atoms with Crippen molar-refractivity contribution in [3.05, 3.63) is 11.6 Å². The first-order chi connectivity index (χ1) is 21.1. The lowest BCUT2D eigenvalue weighted by Crippen LogP contribution is -2.60. The van der Waals surface area contributed by atoms with Crippen LogP contribution in [-0.4, -0.2) is 88.6 Å². The van der Waals surface area contributed by atoms with Gasteiger partial charge >= 0.3 is 0 Å². The minimum atomic E-state index is -0.707. The van der Waals surface area contributed by atoms with Crippen LogP contribution >= 0.6 is 0 Å². The second-order valence-electron chi connectivity index (χ2n) is 15.8. The van der Waals surface area contributed by atoms with Crippen molar-refractivity contribution >= 4 is 23.5 Å². The van der Waals surface area contributed by atoms with E-state index in [0.29, 0.717) is 24.5 Å². The highest BCUT2D eigenvalue weighted by Crippen LogP contribution is 2.30. The van der Waals surface area contributed by atoms with E-state index in [-0.39, 0.29) is 53.6 Å². The first-order valence-corrected chi connectivity index (χ1v) is 18.0. The Hall–Kier alpha value is -2.22. The minimum absolute atomic E-state index is 0.0410. The van der Waals surface area contributed by atoms with Crippen LogP contribution in [0.5, 0.6) is 0 Å². The molecule has 3 amide bonds. The summed E-state index contributed by atoms with van der Waals surface area (Å²) < 4.78 is 0. The van der Waals surface area contributed by atoms with Gasteiger partial charge in [0.1, 0.15) is 6.04 Å². The molecule has 2 heterocycles. The van der Waals surface area contributed by atoms with E-state index in [4.69, 9.17) is 0 Å². The van der Waals surface area contributed by atoms with Gasteiger partial charge in [-0.2, -0.15) is 0 Å². The molecule has 0 aromatic carbocycles. The molecule has 0 aromatic rings. The third kappa shape index (κ3) is 9.89. The van der Waals surface area contributed by atoms with Gasteiger partial charge in [-0.15, -0.1) is 0 Å². The zero-order valence-electron chi connectivity index (χ0n) is 30.0. The van der Waals surface area contributed by atoms with Gasteiger partial charge in [0.2, 0.25) is 17.7 Å². The number of nitrogens with one attached hydrogen (secondary N) is 1. The summed E-state index contributed by atoms with van der Waals surface area (Å²) in [7, 11) is 1.78. The highest BCUT2D eigenvalue weighted by molar-refractivity contribution is 5.97. The molecular formula is C37H64N4O4. The van der Waals surface area contributed by atoms with E-state index in [0.717, 1.165) is 45.1 Å². The SMILES string of the molecule is C/C(=C\C(C(C)C)N(C)C(=O)C(NC(=O)C1CCCCN1C(C)C)C(C)(C)C)C(=O)N1CCC[C@H]1C(=O)CCC1CCCCC1. The highest BCUT2D eigenvalue weighted by atomic mass is 16.2. The summed E-state index contributed by atoms with van der Waals surface area (Å²) in [5, 5.41) is 3.16. The molecule has 1 aliphatic carbocycles. The predicted molar refractivity (Wildman–Crippen MR) is 182 cm³/mol. The van der Waals surface area contributed by atoms with Crippen molar-refractivity contribution in [2.45, 2.75) is 163 Å². The number of piperidine rings is 1. The molecule has 3 rings (SSSR count). The summed E-state index contributed by atoms with van der Waals surface area (Å²) in [5.41, 5.74) is 0.0568. The molecule has 8 heteroatoms. The van der Waals surface area contributed by atoms with Crippen molar-refractivity contribution in [2.24, 2.45) is 17.3 Å². The Morgan fingerprint density at radius 3 is 2.09 bits per heavy atom. The van der Waals surface area contributed by atoms with Gasteiger partial charge in [-0.25, -0.2) is 0 Å². The van der Waals surface area contributed by atoms with E-state index in [1.807, 2.05) is 47.6 Å². The van der Waals surface area contributed by atoms with E-state index >= 15 is 0 Å². The lowest BCUT2D eigenvalue weighted by Gasteiger charge is -2.41. The molecule has 45 heavy (non-hydrogen) atoms. The van der Waals surface area contributed by atoms with Crippen molar-refractivity contribution < 1.29 is 19.2 Å². The standard InChI is InChI=1S/C37H64N4O4/c1-25(2)31(24-27(5)35(44)41-23-15-19-29(41)32(42)21-20-28-16-11-10-12-17-28)39(9)36(45)33(37(6,7)8)38-34(43)30-18-13-14-22-40(30)26(3)4/h24-26,28-31,33H,10-23H2,1-9H3,(H,38,43)/b27-24+/t29-,30?,31?,33?/m0/s1. The molecule has 0 spiro atoms. The third-order valence-corrected chi connectivity index (χ3v) is 10.6. The fourth-order valence-electron chi connectivity index (χ4n) is 7.73. The second kappa shape index (κ2) is 16.6. The quantitative estimate of drug-likeness (QED) is 0.263. The smallest absolute Gasteiger partial charge is 0.249 e. The summed E-state index contributed by atoms with van der Waals surface area (Å²) >= 11 is 0. The van der Waals surface area contributed by atoms with Crippen LogP contribution in [0.1, 0.15) is 132 Å². The Labute approximate surface area is 274 Å². The lowest BCUT2D eigenvalue weighted by atomic mass is 9.84. The molecule has 2 saturated heterocycles. The Bertz CT molecular complexity index is 1060. The zero-order valence-corrected chi connectivity index (χ0v) is 30.0. The third-order valence-electron chi connectivity index (χ3n) is 10.6. The predicted octanol–water partition coefficient (Wildman–Crippen LogP) is 6.13. The normalized spacial score (nSPS) is 23.7.